The number of ether oxygens (including phenoxy) is 1. The lowest BCUT2D eigenvalue weighted by Gasteiger charge is -2.04. The van der Waals surface area contributed by atoms with Gasteiger partial charge in [-0.25, -0.2) is 0 Å². The highest BCUT2D eigenvalue weighted by Crippen LogP contribution is 2.32. The van der Waals surface area contributed by atoms with Crippen LogP contribution >= 0.6 is 23.1 Å². The van der Waals surface area contributed by atoms with Gasteiger partial charge in [-0.15, -0.1) is 25.0 Å². The number of nitrogens with zero attached hydrogens (tertiary/aromatic N) is 7. The molecule has 0 saturated carbocycles. The number of benzene rings is 1. The second-order valence-corrected chi connectivity index (χ2v) is 6.78. The Morgan fingerprint density at radius 1 is 1.17 bits per heavy atom. The van der Waals surface area contributed by atoms with Gasteiger partial charge in [-0.1, -0.05) is 17.4 Å². The Kier molecular flexibility index (Phi) is 3.92. The van der Waals surface area contributed by atoms with Gasteiger partial charge in [0, 0.05) is 11.8 Å². The van der Waals surface area contributed by atoms with Crippen LogP contribution in [0, 0.1) is 0 Å². The zero-order valence-electron chi connectivity index (χ0n) is 12.3. The van der Waals surface area contributed by atoms with Crippen LogP contribution in [0.15, 0.2) is 45.8 Å². The van der Waals surface area contributed by atoms with Gasteiger partial charge >= 0.3 is 0 Å². The second-order valence-electron chi connectivity index (χ2n) is 4.53. The largest absolute Gasteiger partial charge is 0.497 e. The normalized spacial score (nSPS) is 10.9. The molecule has 24 heavy (non-hydrogen) atoms. The Morgan fingerprint density at radius 2 is 2.12 bits per heavy atom. The quantitative estimate of drug-likeness (QED) is 0.575. The van der Waals surface area contributed by atoms with E-state index in [9.17, 15) is 0 Å². The molecule has 0 saturated heterocycles. The minimum absolute atomic E-state index is 0.594. The highest BCUT2D eigenvalue weighted by molar-refractivity contribution is 8.01. The van der Waals surface area contributed by atoms with E-state index in [1.807, 2.05) is 30.3 Å². The van der Waals surface area contributed by atoms with Crippen LogP contribution in [0.5, 0.6) is 5.75 Å². The number of fused-ring (bicyclic) bond motifs is 1. The van der Waals surface area contributed by atoms with Gasteiger partial charge in [-0.2, -0.15) is 0 Å². The number of nitrogens with one attached hydrogen (secondary N) is 1. The predicted octanol–water partition coefficient (Wildman–Crippen LogP) is 2.27. The maximum absolute atomic E-state index is 5.20. The van der Waals surface area contributed by atoms with E-state index in [0.717, 1.165) is 20.8 Å². The van der Waals surface area contributed by atoms with Crippen LogP contribution in [0.2, 0.25) is 0 Å². The molecule has 0 aliphatic carbocycles. The fourth-order valence-corrected chi connectivity index (χ4v) is 3.57. The zero-order chi connectivity index (χ0) is 16.4. The summed E-state index contributed by atoms with van der Waals surface area (Å²) in [4.78, 5) is 0. The van der Waals surface area contributed by atoms with Gasteiger partial charge in [0.15, 0.2) is 9.99 Å². The number of aromatic nitrogens is 7. The molecule has 1 N–H and O–H groups in total. The van der Waals surface area contributed by atoms with Gasteiger partial charge in [-0.05, 0) is 46.5 Å². The fraction of sp³-hybridized carbons (Fsp3) is 0.0769. The summed E-state index contributed by atoms with van der Waals surface area (Å²) in [6, 6.07) is 11.3. The highest BCUT2D eigenvalue weighted by Gasteiger charge is 2.09. The van der Waals surface area contributed by atoms with Crippen molar-refractivity contribution in [2.75, 3.05) is 12.4 Å². The zero-order valence-corrected chi connectivity index (χ0v) is 14.0. The van der Waals surface area contributed by atoms with E-state index in [-0.39, 0.29) is 0 Å². The maximum atomic E-state index is 5.20. The van der Waals surface area contributed by atoms with E-state index in [1.54, 1.807) is 13.2 Å². The van der Waals surface area contributed by atoms with Crippen molar-refractivity contribution < 1.29 is 4.74 Å². The molecule has 3 heterocycles. The first-order valence-corrected chi connectivity index (χ1v) is 8.41. The third-order valence-electron chi connectivity index (χ3n) is 2.96. The minimum atomic E-state index is 0.594. The topological polar surface area (TPSA) is 103 Å². The molecule has 0 amide bonds. The molecule has 11 heteroatoms. The van der Waals surface area contributed by atoms with Crippen LogP contribution in [0.3, 0.4) is 0 Å². The monoisotopic (exact) mass is 358 g/mol. The maximum Gasteiger partial charge on any atom is 0.210 e. The van der Waals surface area contributed by atoms with Gasteiger partial charge < -0.3 is 10.1 Å². The molecule has 0 bridgehead atoms. The van der Waals surface area contributed by atoms with Gasteiger partial charge in [-0.3, -0.25) is 0 Å². The van der Waals surface area contributed by atoms with Gasteiger partial charge in [0.1, 0.15) is 10.8 Å². The van der Waals surface area contributed by atoms with Crippen molar-refractivity contribution >= 4 is 39.6 Å². The van der Waals surface area contributed by atoms with Gasteiger partial charge in [0.2, 0.25) is 5.13 Å². The molecule has 4 aromatic rings. The number of tetrazole rings is 1. The number of rotatable bonds is 5. The number of hydrogen-bond donors (Lipinski definition) is 1. The molecule has 4 rings (SSSR count). The summed E-state index contributed by atoms with van der Waals surface area (Å²) >= 11 is 2.83. The molecule has 9 nitrogen and oxygen atoms in total. The van der Waals surface area contributed by atoms with Crippen LogP contribution in [0.25, 0.3) is 5.65 Å². The number of methoxy groups -OCH3 is 1. The van der Waals surface area contributed by atoms with Crippen molar-refractivity contribution in [3.05, 3.63) is 36.4 Å². The summed E-state index contributed by atoms with van der Waals surface area (Å²) in [7, 11) is 1.63. The smallest absolute Gasteiger partial charge is 0.210 e. The predicted molar refractivity (Wildman–Crippen MR) is 88.9 cm³/mol. The molecule has 0 atom stereocenters. The lowest BCUT2D eigenvalue weighted by Crippen LogP contribution is -1.94. The van der Waals surface area contributed by atoms with Gasteiger partial charge in [0.05, 0.1) is 7.11 Å². The van der Waals surface area contributed by atoms with Crippen LogP contribution in [-0.4, -0.2) is 42.6 Å². The summed E-state index contributed by atoms with van der Waals surface area (Å²) in [5.74, 6) is 0.776. The molecule has 0 spiro atoms. The third kappa shape index (κ3) is 3.12. The standard InChI is InChI=1S/C13H10N8OS2/c1-22-9-4-2-3-8(7-9)14-12-16-17-13(24-12)23-11-6-5-10-15-19-20-21(10)18-11/h2-7H,1H3,(H,14,16). The van der Waals surface area contributed by atoms with Crippen molar-refractivity contribution in [3.63, 3.8) is 0 Å². The van der Waals surface area contributed by atoms with E-state index in [2.05, 4.69) is 36.1 Å². The van der Waals surface area contributed by atoms with Crippen molar-refractivity contribution in [1.29, 1.82) is 0 Å². The Hall–Kier alpha value is -2.79. The molecule has 1 aromatic carbocycles. The molecular formula is C13H10N8OS2. The Balaban J connectivity index is 1.49. The van der Waals surface area contributed by atoms with E-state index >= 15 is 0 Å². The van der Waals surface area contributed by atoms with Crippen LogP contribution in [0.1, 0.15) is 0 Å². The average molecular weight is 358 g/mol. The summed E-state index contributed by atoms with van der Waals surface area (Å²) in [5.41, 5.74) is 1.48. The first-order valence-electron chi connectivity index (χ1n) is 6.78. The highest BCUT2D eigenvalue weighted by atomic mass is 32.2. The second kappa shape index (κ2) is 6.37. The van der Waals surface area contributed by atoms with Crippen molar-refractivity contribution in [1.82, 2.24) is 35.5 Å². The summed E-state index contributed by atoms with van der Waals surface area (Å²) in [6.45, 7) is 0. The Labute approximate surface area is 144 Å². The van der Waals surface area contributed by atoms with E-state index in [0.29, 0.717) is 10.8 Å². The van der Waals surface area contributed by atoms with Crippen LogP contribution in [-0.2, 0) is 0 Å². The van der Waals surface area contributed by atoms with Crippen molar-refractivity contribution in [3.8, 4) is 5.75 Å². The first-order chi connectivity index (χ1) is 11.8. The lowest BCUT2D eigenvalue weighted by molar-refractivity contribution is 0.415. The SMILES string of the molecule is COc1cccc(Nc2nnc(Sc3ccc4nnnn4n3)s2)c1. The molecule has 120 valence electrons. The van der Waals surface area contributed by atoms with Crippen LogP contribution < -0.4 is 10.1 Å². The summed E-state index contributed by atoms with van der Waals surface area (Å²) < 4.78 is 7.34. The number of anilines is 2. The minimum Gasteiger partial charge on any atom is -0.497 e. The van der Waals surface area contributed by atoms with Crippen molar-refractivity contribution in [2.24, 2.45) is 0 Å². The van der Waals surface area contributed by atoms with E-state index in [1.165, 1.54) is 27.7 Å². The molecule has 0 fully saturated rings. The molecule has 0 unspecified atom stereocenters. The van der Waals surface area contributed by atoms with Crippen molar-refractivity contribution in [2.45, 2.75) is 9.37 Å². The van der Waals surface area contributed by atoms with E-state index in [4.69, 9.17) is 4.74 Å². The molecule has 3 aromatic heterocycles. The summed E-state index contributed by atoms with van der Waals surface area (Å²) in [5, 5.41) is 28.4. The molecule has 0 aliphatic rings. The lowest BCUT2D eigenvalue weighted by atomic mass is 10.3. The van der Waals surface area contributed by atoms with Gasteiger partial charge in [0.25, 0.3) is 0 Å². The number of hydrogen-bond acceptors (Lipinski definition) is 10. The molecular weight excluding hydrogens is 348 g/mol. The fourth-order valence-electron chi connectivity index (χ4n) is 1.90. The summed E-state index contributed by atoms with van der Waals surface area (Å²) in [6.07, 6.45) is 0. The van der Waals surface area contributed by atoms with Crippen LogP contribution in [0.4, 0.5) is 10.8 Å². The molecule has 0 radical (unpaired) electrons. The molecule has 0 aliphatic heterocycles. The average Bonchev–Trinajstić information content (AvgIpc) is 3.24. The first kappa shape index (κ1) is 14.8. The third-order valence-corrected chi connectivity index (χ3v) is 4.78. The van der Waals surface area contributed by atoms with E-state index < -0.39 is 0 Å². The Morgan fingerprint density at radius 3 is 3.04 bits per heavy atom. The Bertz CT molecular complexity index is 985.